The SMILES string of the molecule is Cc1cccc(N2C(=O)NC(C3CCOCC3)C2=O)c1. The second-order valence-corrected chi connectivity index (χ2v) is 5.39. The summed E-state index contributed by atoms with van der Waals surface area (Å²) in [6.45, 7) is 3.27. The molecule has 3 rings (SSSR count). The molecule has 0 radical (unpaired) electrons. The molecule has 0 bridgehead atoms. The average Bonchev–Trinajstić information content (AvgIpc) is 2.75. The number of hydrogen-bond donors (Lipinski definition) is 1. The summed E-state index contributed by atoms with van der Waals surface area (Å²) in [5.41, 5.74) is 1.67. The number of carbonyl (C=O) groups is 2. The Bertz CT molecular complexity index is 538. The summed E-state index contributed by atoms with van der Waals surface area (Å²) in [6.07, 6.45) is 1.64. The highest BCUT2D eigenvalue weighted by molar-refractivity contribution is 6.21. The van der Waals surface area contributed by atoms with Crippen molar-refractivity contribution in [3.05, 3.63) is 29.8 Å². The van der Waals surface area contributed by atoms with E-state index in [2.05, 4.69) is 5.32 Å². The van der Waals surface area contributed by atoms with Crippen LogP contribution in [0, 0.1) is 12.8 Å². The first kappa shape index (κ1) is 13.1. The number of hydrogen-bond acceptors (Lipinski definition) is 3. The van der Waals surface area contributed by atoms with Gasteiger partial charge in [-0.1, -0.05) is 12.1 Å². The third-order valence-electron chi connectivity index (χ3n) is 3.97. The number of benzene rings is 1. The molecule has 5 nitrogen and oxygen atoms in total. The highest BCUT2D eigenvalue weighted by Crippen LogP contribution is 2.27. The van der Waals surface area contributed by atoms with E-state index in [9.17, 15) is 9.59 Å². The summed E-state index contributed by atoms with van der Waals surface area (Å²) in [5, 5.41) is 2.82. The molecule has 2 aliphatic rings. The number of ether oxygens (including phenoxy) is 1. The minimum Gasteiger partial charge on any atom is -0.381 e. The number of rotatable bonds is 2. The van der Waals surface area contributed by atoms with E-state index < -0.39 is 6.04 Å². The Kier molecular flexibility index (Phi) is 3.44. The average molecular weight is 274 g/mol. The lowest BCUT2D eigenvalue weighted by atomic mass is 9.92. The third-order valence-corrected chi connectivity index (χ3v) is 3.97. The molecule has 1 aromatic carbocycles. The van der Waals surface area contributed by atoms with E-state index in [0.29, 0.717) is 18.9 Å². The Labute approximate surface area is 117 Å². The Morgan fingerprint density at radius 3 is 2.70 bits per heavy atom. The fourth-order valence-corrected chi connectivity index (χ4v) is 2.88. The molecule has 1 atom stereocenters. The van der Waals surface area contributed by atoms with Crippen LogP contribution < -0.4 is 10.2 Å². The summed E-state index contributed by atoms with van der Waals surface area (Å²) < 4.78 is 5.31. The van der Waals surface area contributed by atoms with Gasteiger partial charge in [0.05, 0.1) is 5.69 Å². The van der Waals surface area contributed by atoms with Crippen LogP contribution in [-0.2, 0) is 9.53 Å². The highest BCUT2D eigenvalue weighted by atomic mass is 16.5. The molecule has 0 spiro atoms. The highest BCUT2D eigenvalue weighted by Gasteiger charge is 2.43. The van der Waals surface area contributed by atoms with Gasteiger partial charge in [0.1, 0.15) is 6.04 Å². The standard InChI is InChI=1S/C15H18N2O3/c1-10-3-2-4-12(9-10)17-14(18)13(16-15(17)19)11-5-7-20-8-6-11/h2-4,9,11,13H,5-8H2,1H3,(H,16,19). The number of aryl methyl sites for hydroxylation is 1. The van der Waals surface area contributed by atoms with Gasteiger partial charge in [-0.05, 0) is 43.4 Å². The van der Waals surface area contributed by atoms with E-state index in [0.717, 1.165) is 18.4 Å². The summed E-state index contributed by atoms with van der Waals surface area (Å²) in [7, 11) is 0. The van der Waals surface area contributed by atoms with E-state index in [1.165, 1.54) is 4.90 Å². The van der Waals surface area contributed by atoms with Gasteiger partial charge in [-0.2, -0.15) is 0 Å². The van der Waals surface area contributed by atoms with Crippen molar-refractivity contribution in [3.8, 4) is 0 Å². The van der Waals surface area contributed by atoms with E-state index in [4.69, 9.17) is 4.74 Å². The van der Waals surface area contributed by atoms with Gasteiger partial charge in [0.2, 0.25) is 0 Å². The second kappa shape index (κ2) is 5.25. The van der Waals surface area contributed by atoms with Crippen molar-refractivity contribution in [2.24, 2.45) is 5.92 Å². The summed E-state index contributed by atoms with van der Waals surface area (Å²) in [4.78, 5) is 25.9. The molecule has 20 heavy (non-hydrogen) atoms. The van der Waals surface area contributed by atoms with Crippen molar-refractivity contribution in [2.75, 3.05) is 18.1 Å². The van der Waals surface area contributed by atoms with Gasteiger partial charge in [-0.3, -0.25) is 4.79 Å². The first-order valence-corrected chi connectivity index (χ1v) is 6.95. The van der Waals surface area contributed by atoms with E-state index in [1.54, 1.807) is 6.07 Å². The van der Waals surface area contributed by atoms with Crippen molar-refractivity contribution < 1.29 is 14.3 Å². The zero-order valence-corrected chi connectivity index (χ0v) is 11.5. The van der Waals surface area contributed by atoms with Gasteiger partial charge in [0, 0.05) is 13.2 Å². The number of amides is 3. The zero-order chi connectivity index (χ0) is 14.1. The lowest BCUT2D eigenvalue weighted by Gasteiger charge is -2.25. The summed E-state index contributed by atoms with van der Waals surface area (Å²) in [5.74, 6) is 0.0301. The Morgan fingerprint density at radius 1 is 1.25 bits per heavy atom. The monoisotopic (exact) mass is 274 g/mol. The summed E-state index contributed by atoms with van der Waals surface area (Å²) in [6, 6.07) is 6.70. The molecule has 1 unspecified atom stereocenters. The van der Waals surface area contributed by atoms with Crippen molar-refractivity contribution >= 4 is 17.6 Å². The minimum absolute atomic E-state index is 0.146. The maximum atomic E-state index is 12.5. The van der Waals surface area contributed by atoms with Gasteiger partial charge < -0.3 is 10.1 Å². The maximum Gasteiger partial charge on any atom is 0.329 e. The number of imide groups is 1. The normalized spacial score (nSPS) is 24.1. The summed E-state index contributed by atoms with van der Waals surface area (Å²) >= 11 is 0. The number of anilines is 1. The van der Waals surface area contributed by atoms with Crippen LogP contribution in [0.2, 0.25) is 0 Å². The molecule has 5 heteroatoms. The second-order valence-electron chi connectivity index (χ2n) is 5.39. The minimum atomic E-state index is -0.410. The molecule has 106 valence electrons. The van der Waals surface area contributed by atoms with Crippen molar-refractivity contribution in [1.82, 2.24) is 5.32 Å². The van der Waals surface area contributed by atoms with Gasteiger partial charge in [-0.15, -0.1) is 0 Å². The first-order chi connectivity index (χ1) is 9.66. The molecule has 2 aliphatic heterocycles. The third kappa shape index (κ3) is 2.29. The molecular formula is C15H18N2O3. The fraction of sp³-hybridized carbons (Fsp3) is 0.467. The van der Waals surface area contributed by atoms with Crippen LogP contribution in [-0.4, -0.2) is 31.2 Å². The number of urea groups is 1. The molecule has 1 N–H and O–H groups in total. The lowest BCUT2D eigenvalue weighted by Crippen LogP contribution is -2.40. The van der Waals surface area contributed by atoms with E-state index in [-0.39, 0.29) is 17.9 Å². The predicted molar refractivity (Wildman–Crippen MR) is 74.5 cm³/mol. The molecule has 2 fully saturated rings. The number of carbonyl (C=O) groups excluding carboxylic acids is 2. The van der Waals surface area contributed by atoms with E-state index in [1.807, 2.05) is 25.1 Å². The zero-order valence-electron chi connectivity index (χ0n) is 11.5. The predicted octanol–water partition coefficient (Wildman–Crippen LogP) is 1.85. The van der Waals surface area contributed by atoms with Crippen LogP contribution in [0.5, 0.6) is 0 Å². The molecule has 2 heterocycles. The van der Waals surface area contributed by atoms with Crippen molar-refractivity contribution in [1.29, 1.82) is 0 Å². The van der Waals surface area contributed by atoms with Gasteiger partial charge in [0.25, 0.3) is 5.91 Å². The van der Waals surface area contributed by atoms with Crippen LogP contribution in [0.25, 0.3) is 0 Å². The van der Waals surface area contributed by atoms with Gasteiger partial charge in [0.15, 0.2) is 0 Å². The molecule has 3 amide bonds. The number of nitrogens with zero attached hydrogens (tertiary/aromatic N) is 1. The van der Waals surface area contributed by atoms with Crippen molar-refractivity contribution in [2.45, 2.75) is 25.8 Å². The molecular weight excluding hydrogens is 256 g/mol. The first-order valence-electron chi connectivity index (χ1n) is 6.95. The van der Waals surface area contributed by atoms with Gasteiger partial charge >= 0.3 is 6.03 Å². The Morgan fingerprint density at radius 2 is 2.00 bits per heavy atom. The van der Waals surface area contributed by atoms with Crippen molar-refractivity contribution in [3.63, 3.8) is 0 Å². The Hall–Kier alpha value is -1.88. The maximum absolute atomic E-state index is 12.5. The molecule has 0 saturated carbocycles. The van der Waals surface area contributed by atoms with E-state index >= 15 is 0 Å². The molecule has 1 aromatic rings. The Balaban J connectivity index is 1.83. The smallest absolute Gasteiger partial charge is 0.329 e. The van der Waals surface area contributed by atoms with Crippen LogP contribution >= 0.6 is 0 Å². The number of nitrogens with one attached hydrogen (secondary N) is 1. The topological polar surface area (TPSA) is 58.6 Å². The van der Waals surface area contributed by atoms with Gasteiger partial charge in [-0.25, -0.2) is 9.69 Å². The van der Waals surface area contributed by atoms with Crippen LogP contribution in [0.4, 0.5) is 10.5 Å². The molecule has 2 saturated heterocycles. The molecule has 0 aromatic heterocycles. The fourth-order valence-electron chi connectivity index (χ4n) is 2.88. The quantitative estimate of drug-likeness (QED) is 0.837. The van der Waals surface area contributed by atoms with Crippen LogP contribution in [0.1, 0.15) is 18.4 Å². The van der Waals surface area contributed by atoms with Crippen LogP contribution in [0.3, 0.4) is 0 Å². The van der Waals surface area contributed by atoms with Crippen LogP contribution in [0.15, 0.2) is 24.3 Å². The largest absolute Gasteiger partial charge is 0.381 e. The molecule has 0 aliphatic carbocycles. The lowest BCUT2D eigenvalue weighted by molar-refractivity contribution is -0.120.